The molecule has 0 aliphatic carbocycles. The number of hydrogen-bond donors (Lipinski definition) is 0. The van der Waals surface area contributed by atoms with Crippen molar-refractivity contribution < 1.29 is 0 Å². The second-order valence-corrected chi connectivity index (χ2v) is 3.06. The van der Waals surface area contributed by atoms with E-state index in [1.54, 1.807) is 22.5 Å². The molecule has 0 rings (SSSR count). The molecule has 0 aromatic heterocycles. The second-order valence-electron chi connectivity index (χ2n) is 2.70. The van der Waals surface area contributed by atoms with Crippen molar-refractivity contribution >= 4 is 30.0 Å². The van der Waals surface area contributed by atoms with Gasteiger partial charge in [-0.3, -0.25) is 0 Å². The Balaban J connectivity index is 3.90. The first-order valence-corrected chi connectivity index (χ1v) is 3.88. The summed E-state index contributed by atoms with van der Waals surface area (Å²) in [5.41, 5.74) is 0. The van der Waals surface area contributed by atoms with Gasteiger partial charge in [0.1, 0.15) is 0 Å². The minimum atomic E-state index is 0.331. The topological polar surface area (TPSA) is 31.2 Å². The second kappa shape index (κ2) is 5.65. The molecule has 0 bridgehead atoms. The summed E-state index contributed by atoms with van der Waals surface area (Å²) in [5.74, 6) is 0. The summed E-state index contributed by atoms with van der Waals surface area (Å²) in [7, 11) is 7.51. The van der Waals surface area contributed by atoms with Gasteiger partial charge in [-0.15, -0.1) is 0 Å². The van der Waals surface area contributed by atoms with Crippen LogP contribution >= 0.6 is 12.2 Å². The normalized spacial score (nSPS) is 11.0. The molecule has 12 heavy (non-hydrogen) atoms. The lowest BCUT2D eigenvalue weighted by Crippen LogP contribution is -2.10. The van der Waals surface area contributed by atoms with Crippen LogP contribution in [-0.2, 0) is 0 Å². The van der Waals surface area contributed by atoms with Crippen LogP contribution in [0.2, 0.25) is 0 Å². The van der Waals surface area contributed by atoms with E-state index in [9.17, 15) is 0 Å². The maximum atomic E-state index is 4.84. The van der Waals surface area contributed by atoms with Gasteiger partial charge in [0.15, 0.2) is 0 Å². The summed E-state index contributed by atoms with van der Waals surface area (Å²) in [6, 6.07) is 0. The van der Waals surface area contributed by atoms with E-state index in [1.165, 1.54) is 0 Å². The number of thiocarbonyl (C=S) groups is 1. The smallest absolute Gasteiger partial charge is 0.221 e. The van der Waals surface area contributed by atoms with Gasteiger partial charge < -0.3 is 9.80 Å². The molecule has 0 atom stereocenters. The summed E-state index contributed by atoms with van der Waals surface area (Å²) < 4.78 is 0. The van der Waals surface area contributed by atoms with Gasteiger partial charge in [0.05, 0.1) is 12.7 Å². The van der Waals surface area contributed by atoms with Crippen molar-refractivity contribution in [3.8, 4) is 0 Å². The molecule has 0 aromatic carbocycles. The number of aliphatic imine (C=N–C) groups is 2. The molecule has 0 fully saturated rings. The van der Waals surface area contributed by atoms with Gasteiger partial charge in [0.2, 0.25) is 5.11 Å². The van der Waals surface area contributed by atoms with Crippen molar-refractivity contribution in [3.63, 3.8) is 0 Å². The first-order chi connectivity index (χ1) is 5.52. The zero-order valence-electron chi connectivity index (χ0n) is 7.85. The predicted octanol–water partition coefficient (Wildman–Crippen LogP) is 0.451. The molecule has 0 saturated carbocycles. The lowest BCUT2D eigenvalue weighted by Gasteiger charge is -2.02. The van der Waals surface area contributed by atoms with Gasteiger partial charge in [0.25, 0.3) is 0 Å². The Kier molecular flexibility index (Phi) is 5.19. The summed E-state index contributed by atoms with van der Waals surface area (Å²) >= 11 is 4.84. The van der Waals surface area contributed by atoms with Gasteiger partial charge in [0, 0.05) is 28.2 Å². The lowest BCUT2D eigenvalue weighted by atomic mass is 10.9. The van der Waals surface area contributed by atoms with E-state index in [4.69, 9.17) is 12.2 Å². The zero-order valence-corrected chi connectivity index (χ0v) is 8.67. The monoisotopic (exact) mass is 186 g/mol. The summed E-state index contributed by atoms with van der Waals surface area (Å²) in [5, 5.41) is 0.331. The summed E-state index contributed by atoms with van der Waals surface area (Å²) in [6.45, 7) is 0. The van der Waals surface area contributed by atoms with Crippen LogP contribution in [0.1, 0.15) is 0 Å². The van der Waals surface area contributed by atoms with Gasteiger partial charge in [-0.25, -0.2) is 9.98 Å². The van der Waals surface area contributed by atoms with Crippen LogP contribution in [0.5, 0.6) is 0 Å². The fourth-order valence-corrected chi connectivity index (χ4v) is 0.457. The molecule has 5 heteroatoms. The highest BCUT2D eigenvalue weighted by atomic mass is 32.1. The number of hydrogen-bond acceptors (Lipinski definition) is 1. The van der Waals surface area contributed by atoms with Crippen molar-refractivity contribution in [2.45, 2.75) is 0 Å². The predicted molar refractivity (Wildman–Crippen MR) is 57.0 cm³/mol. The molecular weight excluding hydrogens is 172 g/mol. The van der Waals surface area contributed by atoms with Gasteiger partial charge in [-0.05, 0) is 12.2 Å². The van der Waals surface area contributed by atoms with Gasteiger partial charge in [-0.2, -0.15) is 0 Å². The van der Waals surface area contributed by atoms with E-state index in [1.807, 2.05) is 28.2 Å². The van der Waals surface area contributed by atoms with E-state index < -0.39 is 0 Å². The first-order valence-electron chi connectivity index (χ1n) is 3.47. The van der Waals surface area contributed by atoms with Crippen LogP contribution in [0.4, 0.5) is 0 Å². The van der Waals surface area contributed by atoms with Crippen LogP contribution in [-0.4, -0.2) is 55.8 Å². The van der Waals surface area contributed by atoms with Crippen LogP contribution < -0.4 is 0 Å². The maximum Gasteiger partial charge on any atom is 0.221 e. The lowest BCUT2D eigenvalue weighted by molar-refractivity contribution is 0.642. The maximum absolute atomic E-state index is 4.84. The van der Waals surface area contributed by atoms with Crippen LogP contribution in [0.25, 0.3) is 0 Å². The fraction of sp³-hybridized carbons (Fsp3) is 0.571. The van der Waals surface area contributed by atoms with Crippen LogP contribution in [0.3, 0.4) is 0 Å². The minimum absolute atomic E-state index is 0.331. The average molecular weight is 186 g/mol. The molecular formula is C7H14N4S. The standard InChI is InChI=1S/C7H14N4S/c1-10(2)5-8-7(12)9-6-11(3)4/h5-6H,1-4H3/b8-5+,9-6+. The van der Waals surface area contributed by atoms with Crippen LogP contribution in [0.15, 0.2) is 9.98 Å². The first kappa shape index (κ1) is 11.0. The third-order valence-electron chi connectivity index (χ3n) is 0.798. The third kappa shape index (κ3) is 7.14. The fourth-order valence-electron chi connectivity index (χ4n) is 0.363. The van der Waals surface area contributed by atoms with Crippen molar-refractivity contribution in [2.75, 3.05) is 28.2 Å². The van der Waals surface area contributed by atoms with Crippen molar-refractivity contribution in [1.29, 1.82) is 0 Å². The Hall–Kier alpha value is -0.970. The quantitative estimate of drug-likeness (QED) is 0.356. The van der Waals surface area contributed by atoms with E-state index in [0.29, 0.717) is 5.11 Å². The minimum Gasteiger partial charge on any atom is -0.369 e. The highest BCUT2D eigenvalue weighted by Gasteiger charge is 1.85. The highest BCUT2D eigenvalue weighted by Crippen LogP contribution is 1.81. The molecule has 0 saturated heterocycles. The largest absolute Gasteiger partial charge is 0.369 e. The van der Waals surface area contributed by atoms with Crippen molar-refractivity contribution in [3.05, 3.63) is 0 Å². The average Bonchev–Trinajstić information content (AvgIpc) is 1.96. The Labute approximate surface area is 78.6 Å². The van der Waals surface area contributed by atoms with E-state index in [2.05, 4.69) is 9.98 Å². The molecule has 0 radical (unpaired) electrons. The molecule has 0 amide bonds. The van der Waals surface area contributed by atoms with Gasteiger partial charge in [-0.1, -0.05) is 0 Å². The number of rotatable bonds is 2. The highest BCUT2D eigenvalue weighted by molar-refractivity contribution is 7.80. The molecule has 0 heterocycles. The van der Waals surface area contributed by atoms with E-state index >= 15 is 0 Å². The van der Waals surface area contributed by atoms with Crippen molar-refractivity contribution in [1.82, 2.24) is 9.80 Å². The molecule has 0 unspecified atom stereocenters. The van der Waals surface area contributed by atoms with E-state index in [0.717, 1.165) is 0 Å². The SMILES string of the molecule is CN(C)/C=N/C(=S)/N=C/N(C)C. The third-order valence-corrected chi connectivity index (χ3v) is 1.01. The Morgan fingerprint density at radius 1 is 1.00 bits per heavy atom. The van der Waals surface area contributed by atoms with Crippen LogP contribution in [0, 0.1) is 0 Å². The molecule has 0 spiro atoms. The van der Waals surface area contributed by atoms with Gasteiger partial charge >= 0.3 is 0 Å². The van der Waals surface area contributed by atoms with E-state index in [-0.39, 0.29) is 0 Å². The molecule has 0 aliphatic heterocycles. The Bertz CT molecular complexity index is 176. The molecule has 68 valence electrons. The molecule has 0 N–H and O–H groups in total. The summed E-state index contributed by atoms with van der Waals surface area (Å²) in [4.78, 5) is 11.4. The number of nitrogens with zero attached hydrogens (tertiary/aromatic N) is 4. The van der Waals surface area contributed by atoms with Crippen molar-refractivity contribution in [2.24, 2.45) is 9.98 Å². The molecule has 0 aliphatic rings. The summed E-state index contributed by atoms with van der Waals surface area (Å²) in [6.07, 6.45) is 3.24. The molecule has 4 nitrogen and oxygen atoms in total. The Morgan fingerprint density at radius 2 is 1.33 bits per heavy atom. The zero-order chi connectivity index (χ0) is 9.56. The molecule has 0 aromatic rings. The Morgan fingerprint density at radius 3 is 1.58 bits per heavy atom.